The molecule has 0 atom stereocenters. The van der Waals surface area contributed by atoms with Gasteiger partial charge in [-0.15, -0.1) is 0 Å². The molecule has 0 unspecified atom stereocenters. The van der Waals surface area contributed by atoms with Crippen LogP contribution in [0.5, 0.6) is 0 Å². The first-order chi connectivity index (χ1) is 4.40. The Morgan fingerprint density at radius 1 is 1.20 bits per heavy atom. The summed E-state index contributed by atoms with van der Waals surface area (Å²) in [5.74, 6) is 0. The second-order valence-electron chi connectivity index (χ2n) is 2.12. The number of alkyl halides is 3. The van der Waals surface area contributed by atoms with Crippen LogP contribution in [0.1, 0.15) is 0 Å². The highest BCUT2D eigenvalue weighted by molar-refractivity contribution is 7.97. The van der Waals surface area contributed by atoms with Crippen molar-refractivity contribution in [1.82, 2.24) is 0 Å². The van der Waals surface area contributed by atoms with E-state index >= 15 is 0 Å². The molecule has 1 aliphatic rings. The van der Waals surface area contributed by atoms with Crippen molar-refractivity contribution >= 4 is 10.9 Å². The SMILES string of the molecule is C[S+](C)C1(C(F)(F)F)N=N1. The Hall–Kier alpha value is -0.260. The van der Waals surface area contributed by atoms with E-state index in [0.29, 0.717) is 0 Å². The van der Waals surface area contributed by atoms with Crippen molar-refractivity contribution in [2.75, 3.05) is 12.5 Å². The van der Waals surface area contributed by atoms with E-state index in [2.05, 4.69) is 10.2 Å². The monoisotopic (exact) mass is 171 g/mol. The number of halogens is 3. The van der Waals surface area contributed by atoms with Gasteiger partial charge in [0.25, 0.3) is 0 Å². The molecule has 0 bridgehead atoms. The molecule has 0 aromatic rings. The van der Waals surface area contributed by atoms with Crippen molar-refractivity contribution in [3.63, 3.8) is 0 Å². The van der Waals surface area contributed by atoms with Crippen LogP contribution in [0.25, 0.3) is 0 Å². The van der Waals surface area contributed by atoms with Gasteiger partial charge in [0.2, 0.25) is 0 Å². The number of rotatable bonds is 1. The molecule has 0 saturated carbocycles. The Kier molecular flexibility index (Phi) is 1.47. The van der Waals surface area contributed by atoms with E-state index in [1.54, 1.807) is 0 Å². The van der Waals surface area contributed by atoms with Gasteiger partial charge in [-0.3, -0.25) is 0 Å². The molecule has 6 heteroatoms. The van der Waals surface area contributed by atoms with Gasteiger partial charge in [-0.25, -0.2) is 0 Å². The Labute approximate surface area is 58.9 Å². The lowest BCUT2D eigenvalue weighted by Crippen LogP contribution is -2.39. The first kappa shape index (κ1) is 7.84. The molecule has 2 nitrogen and oxygen atoms in total. The average molecular weight is 171 g/mol. The maximum absolute atomic E-state index is 12.0. The fourth-order valence-corrected chi connectivity index (χ4v) is 1.38. The highest BCUT2D eigenvalue weighted by Crippen LogP contribution is 2.47. The third-order valence-electron chi connectivity index (χ3n) is 1.22. The molecule has 1 rings (SSSR count). The number of hydrogen-bond donors (Lipinski definition) is 0. The molecule has 10 heavy (non-hydrogen) atoms. The highest BCUT2D eigenvalue weighted by atomic mass is 32.2. The van der Waals surface area contributed by atoms with E-state index < -0.39 is 22.1 Å². The van der Waals surface area contributed by atoms with Crippen LogP contribution < -0.4 is 0 Å². The van der Waals surface area contributed by atoms with Crippen LogP contribution in [0, 0.1) is 0 Å². The summed E-state index contributed by atoms with van der Waals surface area (Å²) in [6.45, 7) is 0. The van der Waals surface area contributed by atoms with Gasteiger partial charge in [0.1, 0.15) is 12.5 Å². The molecule has 0 radical (unpaired) electrons. The Morgan fingerprint density at radius 2 is 1.60 bits per heavy atom. The summed E-state index contributed by atoms with van der Waals surface area (Å²) in [7, 11) is -0.843. The summed E-state index contributed by atoms with van der Waals surface area (Å²) in [6, 6.07) is 0. The molecule has 1 aliphatic heterocycles. The minimum atomic E-state index is -4.29. The van der Waals surface area contributed by atoms with Gasteiger partial charge in [0.05, 0.1) is 0 Å². The molecule has 0 amide bonds. The lowest BCUT2D eigenvalue weighted by atomic mass is 10.6. The molecular weight excluding hydrogens is 165 g/mol. The summed E-state index contributed by atoms with van der Waals surface area (Å²) in [5.41, 5.74) is 0. The Balaban J connectivity index is 2.71. The third-order valence-corrected chi connectivity index (χ3v) is 2.75. The topological polar surface area (TPSA) is 24.7 Å². The second-order valence-corrected chi connectivity index (χ2v) is 4.32. The summed E-state index contributed by atoms with van der Waals surface area (Å²) in [5, 5.41) is 6.03. The van der Waals surface area contributed by atoms with Gasteiger partial charge in [-0.2, -0.15) is 13.2 Å². The van der Waals surface area contributed by atoms with Crippen molar-refractivity contribution in [3.8, 4) is 0 Å². The van der Waals surface area contributed by atoms with Crippen LogP contribution >= 0.6 is 0 Å². The van der Waals surface area contributed by atoms with Gasteiger partial charge >= 0.3 is 11.2 Å². The van der Waals surface area contributed by atoms with Crippen molar-refractivity contribution in [2.45, 2.75) is 11.2 Å². The predicted molar refractivity (Wildman–Crippen MR) is 32.9 cm³/mol. The van der Waals surface area contributed by atoms with Crippen LogP contribution in [0.4, 0.5) is 13.2 Å². The molecule has 0 aromatic carbocycles. The Bertz CT molecular complexity index is 168. The van der Waals surface area contributed by atoms with Crippen LogP contribution in [-0.2, 0) is 10.9 Å². The minimum absolute atomic E-state index is 0.843. The van der Waals surface area contributed by atoms with E-state index in [9.17, 15) is 13.2 Å². The van der Waals surface area contributed by atoms with E-state index in [1.165, 1.54) is 12.5 Å². The maximum atomic E-state index is 12.0. The molecular formula is C4H6F3N2S+. The number of hydrogen-bond acceptors (Lipinski definition) is 2. The fraction of sp³-hybridized carbons (Fsp3) is 1.00. The van der Waals surface area contributed by atoms with Crippen LogP contribution in [0.3, 0.4) is 0 Å². The summed E-state index contributed by atoms with van der Waals surface area (Å²) < 4.78 is 35.9. The standard InChI is InChI=1S/C4H6F3N2S/c1-10(2)4(8-9-4)3(5,6)7/h1-2H3/q+1. The zero-order valence-electron chi connectivity index (χ0n) is 5.44. The molecule has 0 aromatic heterocycles. The van der Waals surface area contributed by atoms with Gasteiger partial charge in [-0.1, -0.05) is 10.2 Å². The van der Waals surface area contributed by atoms with Gasteiger partial charge in [0.15, 0.2) is 0 Å². The van der Waals surface area contributed by atoms with Gasteiger partial charge in [-0.05, 0) is 0 Å². The maximum Gasteiger partial charge on any atom is 0.490 e. The van der Waals surface area contributed by atoms with E-state index in [1.807, 2.05) is 0 Å². The van der Waals surface area contributed by atoms with Gasteiger partial charge < -0.3 is 0 Å². The molecule has 1 heterocycles. The first-order valence-corrected chi connectivity index (χ1v) is 4.53. The fourth-order valence-electron chi connectivity index (χ4n) is 0.554. The van der Waals surface area contributed by atoms with E-state index in [4.69, 9.17) is 0 Å². The van der Waals surface area contributed by atoms with E-state index in [-0.39, 0.29) is 0 Å². The first-order valence-electron chi connectivity index (χ1n) is 2.48. The second kappa shape index (κ2) is 1.87. The molecule has 0 saturated heterocycles. The molecule has 58 valence electrons. The molecule has 0 spiro atoms. The lowest BCUT2D eigenvalue weighted by Gasteiger charge is -2.09. The van der Waals surface area contributed by atoms with Gasteiger partial charge in [0, 0.05) is 10.9 Å². The largest absolute Gasteiger partial charge is 0.490 e. The smallest absolute Gasteiger partial charge is 0.162 e. The van der Waals surface area contributed by atoms with Crippen LogP contribution in [-0.4, -0.2) is 23.7 Å². The van der Waals surface area contributed by atoms with Crippen LogP contribution in [0.2, 0.25) is 0 Å². The summed E-state index contributed by atoms with van der Waals surface area (Å²) >= 11 is 0. The predicted octanol–water partition coefficient (Wildman–Crippen LogP) is 1.55. The minimum Gasteiger partial charge on any atom is -0.162 e. The van der Waals surface area contributed by atoms with Crippen LogP contribution in [0.15, 0.2) is 10.2 Å². The normalized spacial score (nSPS) is 21.8. The quantitative estimate of drug-likeness (QED) is 0.535. The van der Waals surface area contributed by atoms with Crippen molar-refractivity contribution in [1.29, 1.82) is 0 Å². The lowest BCUT2D eigenvalue weighted by molar-refractivity contribution is -0.140. The number of nitrogens with zero attached hydrogens (tertiary/aromatic N) is 2. The van der Waals surface area contributed by atoms with Crippen molar-refractivity contribution in [2.24, 2.45) is 10.2 Å². The molecule has 0 aliphatic carbocycles. The Morgan fingerprint density at radius 3 is 1.60 bits per heavy atom. The summed E-state index contributed by atoms with van der Waals surface area (Å²) in [4.78, 5) is -2.03. The average Bonchev–Trinajstić information content (AvgIpc) is 2.36. The highest BCUT2D eigenvalue weighted by Gasteiger charge is 2.74. The zero-order chi connectivity index (χ0) is 7.99. The third kappa shape index (κ3) is 0.902. The van der Waals surface area contributed by atoms with Crippen molar-refractivity contribution in [3.05, 3.63) is 0 Å². The van der Waals surface area contributed by atoms with E-state index in [0.717, 1.165) is 0 Å². The molecule has 0 N–H and O–H groups in total. The van der Waals surface area contributed by atoms with Crippen molar-refractivity contribution < 1.29 is 13.2 Å². The zero-order valence-corrected chi connectivity index (χ0v) is 6.25. The summed E-state index contributed by atoms with van der Waals surface area (Å²) in [6.07, 6.45) is -1.33. The molecule has 0 fully saturated rings.